The van der Waals surface area contributed by atoms with Gasteiger partial charge in [0.15, 0.2) is 0 Å². The van der Waals surface area contributed by atoms with E-state index < -0.39 is 0 Å². The van der Waals surface area contributed by atoms with Crippen LogP contribution in [0.1, 0.15) is 51.0 Å². The van der Waals surface area contributed by atoms with Gasteiger partial charge in [-0.1, -0.05) is 31.5 Å². The van der Waals surface area contributed by atoms with Crippen LogP contribution in [0.2, 0.25) is 0 Å². The summed E-state index contributed by atoms with van der Waals surface area (Å²) in [5.74, 6) is 1.05. The van der Waals surface area contributed by atoms with Crippen LogP contribution in [0, 0.1) is 4.64 Å². The van der Waals surface area contributed by atoms with Gasteiger partial charge in [0.25, 0.3) is 5.56 Å². The molecule has 1 saturated carbocycles. The van der Waals surface area contributed by atoms with Gasteiger partial charge < -0.3 is 14.8 Å². The van der Waals surface area contributed by atoms with Crippen molar-refractivity contribution in [2.24, 2.45) is 0 Å². The van der Waals surface area contributed by atoms with Gasteiger partial charge in [-0.2, -0.15) is 0 Å². The van der Waals surface area contributed by atoms with E-state index in [9.17, 15) is 4.79 Å². The van der Waals surface area contributed by atoms with Crippen molar-refractivity contribution in [2.45, 2.75) is 51.0 Å². The summed E-state index contributed by atoms with van der Waals surface area (Å²) in [7, 11) is 4.01. The lowest BCUT2D eigenvalue weighted by molar-refractivity contribution is 0.343. The van der Waals surface area contributed by atoms with Crippen LogP contribution in [-0.2, 0) is 0 Å². The first-order chi connectivity index (χ1) is 13.5. The van der Waals surface area contributed by atoms with Crippen LogP contribution in [0.15, 0.2) is 23.3 Å². The molecule has 0 unspecified atom stereocenters. The van der Waals surface area contributed by atoms with Crippen molar-refractivity contribution in [3.8, 4) is 11.3 Å². The normalized spacial score (nSPS) is 17.9. The number of H-pyrrole nitrogens is 1. The molecule has 6 nitrogen and oxygen atoms in total. The van der Waals surface area contributed by atoms with E-state index in [0.29, 0.717) is 10.3 Å². The van der Waals surface area contributed by atoms with Gasteiger partial charge in [-0.3, -0.25) is 9.36 Å². The van der Waals surface area contributed by atoms with Crippen molar-refractivity contribution in [1.82, 2.24) is 14.5 Å². The molecule has 4 rings (SSSR count). The molecule has 0 bridgehead atoms. The Kier molecular flexibility index (Phi) is 5.53. The smallest absolute Gasteiger partial charge is 0.254 e. The summed E-state index contributed by atoms with van der Waals surface area (Å²) in [4.78, 5) is 25.2. The number of nitrogens with one attached hydrogen (secondary N) is 1. The molecule has 1 saturated heterocycles. The summed E-state index contributed by atoms with van der Waals surface area (Å²) < 4.78 is 2.44. The average Bonchev–Trinajstić information content (AvgIpc) is 3.22. The molecule has 0 aromatic carbocycles. The summed E-state index contributed by atoms with van der Waals surface area (Å²) in [5.41, 5.74) is 2.48. The Balaban J connectivity index is 1.74. The monoisotopic (exact) mass is 399 g/mol. The molecule has 28 heavy (non-hydrogen) atoms. The van der Waals surface area contributed by atoms with Crippen molar-refractivity contribution in [2.75, 3.05) is 37.0 Å². The lowest BCUT2D eigenvalue weighted by atomic mass is 9.95. The van der Waals surface area contributed by atoms with Crippen LogP contribution in [0.4, 0.5) is 11.5 Å². The maximum absolute atomic E-state index is 12.8. The summed E-state index contributed by atoms with van der Waals surface area (Å²) in [6.45, 7) is 2.10. The number of aromatic nitrogens is 3. The number of nitrogens with zero attached hydrogens (tertiary/aromatic N) is 4. The molecule has 1 N–H and O–H groups in total. The van der Waals surface area contributed by atoms with Crippen molar-refractivity contribution < 1.29 is 0 Å². The molecule has 7 heteroatoms. The second kappa shape index (κ2) is 8.07. The molecule has 150 valence electrons. The van der Waals surface area contributed by atoms with E-state index in [1.807, 2.05) is 23.6 Å². The number of rotatable bonds is 4. The number of hydrogen-bond acceptors (Lipinski definition) is 5. The fourth-order valence-corrected chi connectivity index (χ4v) is 4.76. The van der Waals surface area contributed by atoms with Gasteiger partial charge in [0, 0.05) is 45.4 Å². The van der Waals surface area contributed by atoms with Crippen LogP contribution >= 0.6 is 12.2 Å². The average molecular weight is 400 g/mol. The van der Waals surface area contributed by atoms with E-state index in [1.54, 1.807) is 12.4 Å². The fourth-order valence-electron chi connectivity index (χ4n) is 4.44. The second-order valence-corrected chi connectivity index (χ2v) is 8.55. The van der Waals surface area contributed by atoms with Crippen LogP contribution in [0.3, 0.4) is 0 Å². The molecule has 0 spiro atoms. The molecule has 3 heterocycles. The predicted octanol–water partition coefficient (Wildman–Crippen LogP) is 4.14. The molecule has 2 fully saturated rings. The van der Waals surface area contributed by atoms with E-state index in [1.165, 1.54) is 32.1 Å². The molecule has 2 aromatic heterocycles. The fraction of sp³-hybridized carbons (Fsp3) is 0.571. The van der Waals surface area contributed by atoms with Gasteiger partial charge in [-0.15, -0.1) is 0 Å². The van der Waals surface area contributed by atoms with Gasteiger partial charge in [-0.05, 0) is 25.7 Å². The topological polar surface area (TPSA) is 57.2 Å². The molecule has 0 atom stereocenters. The van der Waals surface area contributed by atoms with Gasteiger partial charge in [0.1, 0.15) is 10.5 Å². The van der Waals surface area contributed by atoms with Crippen molar-refractivity contribution in [3.05, 3.63) is 33.5 Å². The number of anilines is 2. The van der Waals surface area contributed by atoms with E-state index in [-0.39, 0.29) is 11.6 Å². The van der Waals surface area contributed by atoms with Crippen molar-refractivity contribution in [1.29, 1.82) is 0 Å². The lowest BCUT2D eigenvalue weighted by Gasteiger charge is -2.25. The third-order valence-electron chi connectivity index (χ3n) is 5.99. The van der Waals surface area contributed by atoms with Gasteiger partial charge in [-0.25, -0.2) is 4.98 Å². The molecular formula is C21H29N5OS. The number of pyridine rings is 1. The SMILES string of the molecule is CN(C)c1cc(N2CCCC2)[nH]c(=S)c1-c1cc(=O)n(C2CCCCC2)cn1. The summed E-state index contributed by atoms with van der Waals surface area (Å²) in [6, 6.07) is 4.06. The third kappa shape index (κ3) is 3.72. The number of aromatic amines is 1. The second-order valence-electron chi connectivity index (χ2n) is 8.14. The zero-order chi connectivity index (χ0) is 19.7. The first-order valence-corrected chi connectivity index (χ1v) is 10.7. The predicted molar refractivity (Wildman–Crippen MR) is 117 cm³/mol. The standard InChI is InChI=1S/C21H29N5OS/c1-24(2)17-13-18(25-10-6-7-11-25)23-21(28)20(17)16-12-19(27)26(14-22-16)15-8-4-3-5-9-15/h12-15H,3-11H2,1-2H3,(H,23,28). The van der Waals surface area contributed by atoms with Crippen LogP contribution in [-0.4, -0.2) is 41.7 Å². The highest BCUT2D eigenvalue weighted by molar-refractivity contribution is 7.71. The zero-order valence-corrected chi connectivity index (χ0v) is 17.6. The number of hydrogen-bond donors (Lipinski definition) is 1. The molecule has 1 aliphatic heterocycles. The molecule has 0 radical (unpaired) electrons. The minimum Gasteiger partial charge on any atom is -0.377 e. The summed E-state index contributed by atoms with van der Waals surface area (Å²) >= 11 is 5.71. The van der Waals surface area contributed by atoms with Gasteiger partial charge >= 0.3 is 0 Å². The highest BCUT2D eigenvalue weighted by atomic mass is 32.1. The Labute approximate surface area is 171 Å². The Morgan fingerprint density at radius 3 is 2.46 bits per heavy atom. The third-order valence-corrected chi connectivity index (χ3v) is 6.29. The summed E-state index contributed by atoms with van der Waals surface area (Å²) in [5, 5.41) is 0. The first-order valence-electron chi connectivity index (χ1n) is 10.3. The minimum atomic E-state index is 0.0135. The highest BCUT2D eigenvalue weighted by Crippen LogP contribution is 2.33. The maximum Gasteiger partial charge on any atom is 0.254 e. The molecule has 2 aromatic rings. The summed E-state index contributed by atoms with van der Waals surface area (Å²) in [6.07, 6.45) is 9.90. The molecule has 0 amide bonds. The Bertz CT molecular complexity index is 952. The maximum atomic E-state index is 12.8. The molecule has 1 aliphatic carbocycles. The van der Waals surface area contributed by atoms with Crippen LogP contribution in [0.5, 0.6) is 0 Å². The minimum absolute atomic E-state index is 0.0135. The Morgan fingerprint density at radius 1 is 1.11 bits per heavy atom. The largest absolute Gasteiger partial charge is 0.377 e. The lowest BCUT2D eigenvalue weighted by Crippen LogP contribution is -2.26. The van der Waals surface area contributed by atoms with Crippen LogP contribution in [0.25, 0.3) is 11.3 Å². The molecular weight excluding hydrogens is 370 g/mol. The highest BCUT2D eigenvalue weighted by Gasteiger charge is 2.20. The Morgan fingerprint density at radius 2 is 1.82 bits per heavy atom. The van der Waals surface area contributed by atoms with Crippen LogP contribution < -0.4 is 15.4 Å². The van der Waals surface area contributed by atoms with E-state index in [4.69, 9.17) is 12.2 Å². The molecule has 2 aliphatic rings. The van der Waals surface area contributed by atoms with E-state index in [0.717, 1.165) is 43.0 Å². The van der Waals surface area contributed by atoms with E-state index in [2.05, 4.69) is 20.9 Å². The van der Waals surface area contributed by atoms with Gasteiger partial charge in [0.2, 0.25) is 0 Å². The quantitative estimate of drug-likeness (QED) is 0.783. The Hall–Kier alpha value is -2.15. The van der Waals surface area contributed by atoms with Crippen molar-refractivity contribution >= 4 is 23.7 Å². The zero-order valence-electron chi connectivity index (χ0n) is 16.8. The first kappa shape index (κ1) is 19.2. The van der Waals surface area contributed by atoms with Gasteiger partial charge in [0.05, 0.1) is 23.3 Å². The van der Waals surface area contributed by atoms with E-state index >= 15 is 0 Å². The van der Waals surface area contributed by atoms with Crippen molar-refractivity contribution in [3.63, 3.8) is 0 Å².